The Hall–Kier alpha value is -0.870. The number of aliphatic hydroxyl groups is 1. The van der Waals surface area contributed by atoms with E-state index in [1.54, 1.807) is 0 Å². The summed E-state index contributed by atoms with van der Waals surface area (Å²) in [5, 5.41) is 9.09. The summed E-state index contributed by atoms with van der Waals surface area (Å²) in [6.07, 6.45) is 7.75. The SMILES string of the molecule is CCn1ccnc1CN(CCO)C1CCC1. The molecule has 4 heteroatoms. The van der Waals surface area contributed by atoms with Gasteiger partial charge in [0.25, 0.3) is 0 Å². The van der Waals surface area contributed by atoms with Gasteiger partial charge in [-0.2, -0.15) is 0 Å². The van der Waals surface area contributed by atoms with Crippen LogP contribution in [0.5, 0.6) is 0 Å². The highest BCUT2D eigenvalue weighted by molar-refractivity contribution is 4.94. The van der Waals surface area contributed by atoms with Crippen molar-refractivity contribution in [1.82, 2.24) is 14.5 Å². The second kappa shape index (κ2) is 5.46. The van der Waals surface area contributed by atoms with E-state index in [-0.39, 0.29) is 6.61 Å². The van der Waals surface area contributed by atoms with Crippen molar-refractivity contribution in [2.75, 3.05) is 13.2 Å². The van der Waals surface area contributed by atoms with Crippen LogP contribution in [-0.2, 0) is 13.1 Å². The molecular weight excluding hydrogens is 202 g/mol. The van der Waals surface area contributed by atoms with Crippen LogP contribution >= 0.6 is 0 Å². The first-order valence-electron chi connectivity index (χ1n) is 6.20. The van der Waals surface area contributed by atoms with E-state index in [0.717, 1.165) is 25.5 Å². The Labute approximate surface area is 96.9 Å². The lowest BCUT2D eigenvalue weighted by Crippen LogP contribution is -2.41. The van der Waals surface area contributed by atoms with Crippen LogP contribution in [0.2, 0.25) is 0 Å². The molecule has 1 saturated carbocycles. The zero-order valence-corrected chi connectivity index (χ0v) is 9.97. The Balaban J connectivity index is 1.98. The van der Waals surface area contributed by atoms with Crippen molar-refractivity contribution in [3.63, 3.8) is 0 Å². The Bertz CT molecular complexity index is 320. The van der Waals surface area contributed by atoms with Gasteiger partial charge in [0.1, 0.15) is 5.82 Å². The molecule has 0 spiro atoms. The standard InChI is InChI=1S/C12H21N3O/c1-2-14-7-6-13-12(14)10-15(8-9-16)11-4-3-5-11/h6-7,11,16H,2-5,8-10H2,1H3. The molecule has 0 aromatic carbocycles. The van der Waals surface area contributed by atoms with Gasteiger partial charge in [-0.3, -0.25) is 4.90 Å². The third-order valence-corrected chi connectivity index (χ3v) is 3.47. The lowest BCUT2D eigenvalue weighted by Gasteiger charge is -2.37. The van der Waals surface area contributed by atoms with Gasteiger partial charge < -0.3 is 9.67 Å². The van der Waals surface area contributed by atoms with E-state index in [4.69, 9.17) is 5.11 Å². The summed E-state index contributed by atoms with van der Waals surface area (Å²) in [5.74, 6) is 1.11. The number of rotatable bonds is 6. The maximum atomic E-state index is 9.09. The number of hydrogen-bond acceptors (Lipinski definition) is 3. The van der Waals surface area contributed by atoms with Crippen LogP contribution in [0.25, 0.3) is 0 Å². The van der Waals surface area contributed by atoms with Crippen molar-refractivity contribution in [1.29, 1.82) is 0 Å². The molecule has 1 heterocycles. The van der Waals surface area contributed by atoms with Gasteiger partial charge in [-0.25, -0.2) is 4.98 Å². The van der Waals surface area contributed by atoms with E-state index in [1.165, 1.54) is 19.3 Å². The minimum absolute atomic E-state index is 0.239. The Kier molecular flexibility index (Phi) is 3.96. The maximum absolute atomic E-state index is 9.09. The van der Waals surface area contributed by atoms with Crippen LogP contribution in [0.3, 0.4) is 0 Å². The van der Waals surface area contributed by atoms with Gasteiger partial charge in [0.05, 0.1) is 13.2 Å². The molecule has 1 aromatic heterocycles. The monoisotopic (exact) mass is 223 g/mol. The molecule has 2 rings (SSSR count). The zero-order valence-electron chi connectivity index (χ0n) is 9.97. The van der Waals surface area contributed by atoms with Crippen molar-refractivity contribution >= 4 is 0 Å². The lowest BCUT2D eigenvalue weighted by molar-refractivity contribution is 0.0910. The molecular formula is C12H21N3O. The molecule has 4 nitrogen and oxygen atoms in total. The van der Waals surface area contributed by atoms with Gasteiger partial charge in [0.15, 0.2) is 0 Å². The molecule has 0 unspecified atom stereocenters. The fraction of sp³-hybridized carbons (Fsp3) is 0.750. The van der Waals surface area contributed by atoms with Crippen molar-refractivity contribution < 1.29 is 5.11 Å². The predicted molar refractivity (Wildman–Crippen MR) is 63.0 cm³/mol. The minimum atomic E-state index is 0.239. The molecule has 1 aromatic rings. The minimum Gasteiger partial charge on any atom is -0.395 e. The molecule has 1 aliphatic rings. The highest BCUT2D eigenvalue weighted by Gasteiger charge is 2.25. The number of hydrogen-bond donors (Lipinski definition) is 1. The van der Waals surface area contributed by atoms with Crippen LogP contribution in [0.1, 0.15) is 32.0 Å². The second-order valence-electron chi connectivity index (χ2n) is 4.41. The molecule has 1 aliphatic carbocycles. The normalized spacial score (nSPS) is 16.7. The van der Waals surface area contributed by atoms with Crippen molar-refractivity contribution in [3.05, 3.63) is 18.2 Å². The van der Waals surface area contributed by atoms with Crippen LogP contribution in [-0.4, -0.2) is 38.8 Å². The number of aromatic nitrogens is 2. The molecule has 90 valence electrons. The van der Waals surface area contributed by atoms with E-state index in [9.17, 15) is 0 Å². The molecule has 0 radical (unpaired) electrons. The van der Waals surface area contributed by atoms with Gasteiger partial charge in [-0.1, -0.05) is 6.42 Å². The highest BCUT2D eigenvalue weighted by atomic mass is 16.3. The fourth-order valence-corrected chi connectivity index (χ4v) is 2.23. The smallest absolute Gasteiger partial charge is 0.122 e. The summed E-state index contributed by atoms with van der Waals surface area (Å²) in [5.41, 5.74) is 0. The Morgan fingerprint density at radius 3 is 2.94 bits per heavy atom. The average Bonchev–Trinajstić information content (AvgIpc) is 2.63. The number of imidazole rings is 1. The molecule has 16 heavy (non-hydrogen) atoms. The Morgan fingerprint density at radius 1 is 1.56 bits per heavy atom. The summed E-state index contributed by atoms with van der Waals surface area (Å²) in [7, 11) is 0. The van der Waals surface area contributed by atoms with Gasteiger partial charge in [-0.05, 0) is 19.8 Å². The largest absolute Gasteiger partial charge is 0.395 e. The van der Waals surface area contributed by atoms with Gasteiger partial charge in [0.2, 0.25) is 0 Å². The van der Waals surface area contributed by atoms with E-state index < -0.39 is 0 Å². The Morgan fingerprint density at radius 2 is 2.38 bits per heavy atom. The van der Waals surface area contributed by atoms with Gasteiger partial charge in [-0.15, -0.1) is 0 Å². The molecule has 0 amide bonds. The first-order valence-corrected chi connectivity index (χ1v) is 6.20. The highest BCUT2D eigenvalue weighted by Crippen LogP contribution is 2.25. The first-order chi connectivity index (χ1) is 7.85. The predicted octanol–water partition coefficient (Wildman–Crippen LogP) is 1.25. The molecule has 1 fully saturated rings. The summed E-state index contributed by atoms with van der Waals surface area (Å²) < 4.78 is 2.17. The maximum Gasteiger partial charge on any atom is 0.122 e. The topological polar surface area (TPSA) is 41.3 Å². The summed E-state index contributed by atoms with van der Waals surface area (Å²) in [6.45, 7) is 4.97. The van der Waals surface area contributed by atoms with Crippen LogP contribution < -0.4 is 0 Å². The van der Waals surface area contributed by atoms with Crippen LogP contribution in [0.4, 0.5) is 0 Å². The second-order valence-corrected chi connectivity index (χ2v) is 4.41. The average molecular weight is 223 g/mol. The van der Waals surface area contributed by atoms with Crippen LogP contribution in [0.15, 0.2) is 12.4 Å². The van der Waals surface area contributed by atoms with E-state index >= 15 is 0 Å². The van der Waals surface area contributed by atoms with E-state index in [1.807, 2.05) is 12.4 Å². The molecule has 0 atom stereocenters. The summed E-state index contributed by atoms with van der Waals surface area (Å²) in [6, 6.07) is 0.661. The molecule has 0 aliphatic heterocycles. The van der Waals surface area contributed by atoms with E-state index in [2.05, 4.69) is 21.4 Å². The first kappa shape index (κ1) is 11.6. The lowest BCUT2D eigenvalue weighted by atomic mass is 9.91. The van der Waals surface area contributed by atoms with Crippen molar-refractivity contribution in [3.8, 4) is 0 Å². The third-order valence-electron chi connectivity index (χ3n) is 3.47. The summed E-state index contributed by atoms with van der Waals surface area (Å²) in [4.78, 5) is 6.75. The molecule has 0 saturated heterocycles. The van der Waals surface area contributed by atoms with Gasteiger partial charge in [0, 0.05) is 31.5 Å². The number of aliphatic hydroxyl groups excluding tert-OH is 1. The fourth-order valence-electron chi connectivity index (χ4n) is 2.23. The van der Waals surface area contributed by atoms with Crippen molar-refractivity contribution in [2.45, 2.75) is 45.3 Å². The third kappa shape index (κ3) is 2.44. The number of nitrogens with zero attached hydrogens (tertiary/aromatic N) is 3. The zero-order chi connectivity index (χ0) is 11.4. The molecule has 0 bridgehead atoms. The summed E-state index contributed by atoms with van der Waals surface area (Å²) >= 11 is 0. The molecule has 1 N–H and O–H groups in total. The van der Waals surface area contributed by atoms with Crippen molar-refractivity contribution in [2.24, 2.45) is 0 Å². The van der Waals surface area contributed by atoms with E-state index in [0.29, 0.717) is 6.04 Å². The van der Waals surface area contributed by atoms with Gasteiger partial charge >= 0.3 is 0 Å². The quantitative estimate of drug-likeness (QED) is 0.789. The number of aryl methyl sites for hydroxylation is 1. The van der Waals surface area contributed by atoms with Crippen LogP contribution in [0, 0.1) is 0 Å².